The first-order valence-corrected chi connectivity index (χ1v) is 18.8. The van der Waals surface area contributed by atoms with Crippen molar-refractivity contribution in [2.45, 2.75) is 6.92 Å². The maximum atomic E-state index is 3.69. The zero-order valence-electron chi connectivity index (χ0n) is 23.6. The van der Waals surface area contributed by atoms with Gasteiger partial charge in [-0.1, -0.05) is 182 Å². The standard InChI is InChI=1S/2C18H15P.C2H5.BrH.Ni/c2*1-4-10-16(11-5-1)19(17-12-6-2-7-13-17)18-14-8-3-9-15-18;1-2;;/h2*1-15H;1H2,2H3;1H;/q;;-1;;+1/p-1. The SMILES string of the molecule is [CH2-]C.[Ni][Br].c1ccc(P(c2ccccc2)c2ccccc2)cc1.c1ccc(P(c2ccccc2)c2ccccc2)cc1. The largest absolute Gasteiger partial charge is 0.0622 e. The summed E-state index contributed by atoms with van der Waals surface area (Å²) in [5.41, 5.74) is 0. The molecule has 0 radical (unpaired) electrons. The van der Waals surface area contributed by atoms with Gasteiger partial charge in [-0.25, -0.2) is 0 Å². The summed E-state index contributed by atoms with van der Waals surface area (Å²) in [4.78, 5) is 0. The molecule has 0 amide bonds. The summed E-state index contributed by atoms with van der Waals surface area (Å²) in [6, 6.07) is 64.7. The molecule has 0 spiro atoms. The molecule has 215 valence electrons. The third-order valence-corrected chi connectivity index (χ3v) is 11.0. The Kier molecular flexibility index (Phi) is 16.1. The van der Waals surface area contributed by atoms with E-state index in [0.29, 0.717) is 0 Å². The van der Waals surface area contributed by atoms with E-state index in [-0.39, 0.29) is 0 Å². The van der Waals surface area contributed by atoms with Crippen molar-refractivity contribution in [2.24, 2.45) is 0 Å². The fraction of sp³-hybridized carbons (Fsp3) is 0.0263. The Morgan fingerprint density at radius 1 is 0.310 bits per heavy atom. The van der Waals surface area contributed by atoms with E-state index >= 15 is 0 Å². The number of hydrogen-bond acceptors (Lipinski definition) is 0. The Bertz CT molecular complexity index is 1180. The molecule has 0 aliphatic carbocycles. The topological polar surface area (TPSA) is 0 Å². The third-order valence-electron chi connectivity index (χ3n) is 6.09. The van der Waals surface area contributed by atoms with Crippen LogP contribution in [0.5, 0.6) is 0 Å². The second-order valence-corrected chi connectivity index (χ2v) is 13.1. The number of benzene rings is 6. The molecule has 0 aromatic heterocycles. The molecule has 42 heavy (non-hydrogen) atoms. The molecule has 0 aliphatic heterocycles. The van der Waals surface area contributed by atoms with Crippen LogP contribution in [0.3, 0.4) is 0 Å². The van der Waals surface area contributed by atoms with Crippen LogP contribution in [0.1, 0.15) is 6.92 Å². The molecule has 0 bridgehead atoms. The van der Waals surface area contributed by atoms with Gasteiger partial charge in [0.15, 0.2) is 0 Å². The Morgan fingerprint density at radius 3 is 0.548 bits per heavy atom. The average molecular weight is 692 g/mol. The summed E-state index contributed by atoms with van der Waals surface area (Å²) in [5, 5.41) is 8.39. The fourth-order valence-electron chi connectivity index (χ4n) is 4.36. The molecule has 4 heteroatoms. The normalized spacial score (nSPS) is 9.88. The minimum atomic E-state index is -0.446. The molecule has 0 fully saturated rings. The van der Waals surface area contributed by atoms with Crippen LogP contribution in [0.15, 0.2) is 182 Å². The molecule has 0 saturated carbocycles. The van der Waals surface area contributed by atoms with Crippen molar-refractivity contribution >= 4 is 61.9 Å². The fourth-order valence-corrected chi connectivity index (χ4v) is 8.97. The molecule has 6 aromatic rings. The van der Waals surface area contributed by atoms with Gasteiger partial charge in [-0.2, -0.15) is 6.92 Å². The predicted octanol–water partition coefficient (Wildman–Crippen LogP) is 8.57. The van der Waals surface area contributed by atoms with Gasteiger partial charge in [-0.15, -0.1) is 0 Å². The van der Waals surface area contributed by atoms with Crippen molar-refractivity contribution in [3.63, 3.8) is 0 Å². The Morgan fingerprint density at radius 2 is 0.429 bits per heavy atom. The third kappa shape index (κ3) is 10.2. The molecular formula is C38H35BrNiP2-. The van der Waals surface area contributed by atoms with Gasteiger partial charge in [0.1, 0.15) is 0 Å². The molecule has 0 nitrogen and oxygen atoms in total. The van der Waals surface area contributed by atoms with Gasteiger partial charge in [0.25, 0.3) is 0 Å². The number of halogens is 1. The summed E-state index contributed by atoms with van der Waals surface area (Å²) in [7, 11) is -0.892. The van der Waals surface area contributed by atoms with E-state index in [0.717, 1.165) is 0 Å². The van der Waals surface area contributed by atoms with Crippen molar-refractivity contribution in [3.8, 4) is 0 Å². The second kappa shape index (κ2) is 20.1. The van der Waals surface area contributed by atoms with E-state index < -0.39 is 15.8 Å². The van der Waals surface area contributed by atoms with Crippen LogP contribution in [-0.4, -0.2) is 0 Å². The van der Waals surface area contributed by atoms with Crippen molar-refractivity contribution < 1.29 is 13.7 Å². The van der Waals surface area contributed by atoms with Crippen LogP contribution >= 0.6 is 30.1 Å². The number of hydrogen-bond donors (Lipinski definition) is 0. The molecular weight excluding hydrogens is 657 g/mol. The summed E-state index contributed by atoms with van der Waals surface area (Å²) >= 11 is 6.25. The molecule has 6 aromatic carbocycles. The van der Waals surface area contributed by atoms with Crippen molar-refractivity contribution in [1.29, 1.82) is 0 Å². The first-order valence-electron chi connectivity index (χ1n) is 13.6. The van der Waals surface area contributed by atoms with Gasteiger partial charge in [-0.05, 0) is 47.7 Å². The smallest absolute Gasteiger partial charge is 0.0134 e. The van der Waals surface area contributed by atoms with Crippen LogP contribution in [0.25, 0.3) is 0 Å². The summed E-state index contributed by atoms with van der Waals surface area (Å²) in [5.74, 6) is 0. The monoisotopic (exact) mass is 690 g/mol. The van der Waals surface area contributed by atoms with E-state index in [1.54, 1.807) is 6.92 Å². The zero-order valence-corrected chi connectivity index (χ0v) is 28.0. The summed E-state index contributed by atoms with van der Waals surface area (Å²) < 4.78 is 0. The number of rotatable bonds is 6. The van der Waals surface area contributed by atoms with Gasteiger partial charge in [-0.3, -0.25) is 0 Å². The van der Waals surface area contributed by atoms with Crippen LogP contribution < -0.4 is 31.8 Å². The Labute approximate surface area is 269 Å². The van der Waals surface area contributed by atoms with E-state index in [2.05, 4.69) is 217 Å². The molecule has 0 N–H and O–H groups in total. The van der Waals surface area contributed by atoms with Gasteiger partial charge in [0, 0.05) is 0 Å². The summed E-state index contributed by atoms with van der Waals surface area (Å²) in [6.07, 6.45) is 0. The van der Waals surface area contributed by atoms with Gasteiger partial charge in [0.2, 0.25) is 0 Å². The molecule has 0 unspecified atom stereocenters. The quantitative estimate of drug-likeness (QED) is 0.0933. The van der Waals surface area contributed by atoms with Crippen LogP contribution in [0.4, 0.5) is 0 Å². The van der Waals surface area contributed by atoms with Gasteiger partial charge in [0.05, 0.1) is 0 Å². The van der Waals surface area contributed by atoms with E-state index in [1.807, 2.05) is 0 Å². The minimum Gasteiger partial charge on any atom is -0.0622 e. The molecule has 0 saturated heterocycles. The Balaban J connectivity index is 0.000000206. The van der Waals surface area contributed by atoms with Crippen molar-refractivity contribution in [2.75, 3.05) is 0 Å². The first-order chi connectivity index (χ1) is 20.9. The average Bonchev–Trinajstić information content (AvgIpc) is 3.10. The van der Waals surface area contributed by atoms with E-state index in [1.165, 1.54) is 31.8 Å². The van der Waals surface area contributed by atoms with E-state index in [9.17, 15) is 0 Å². The van der Waals surface area contributed by atoms with Gasteiger partial charge >= 0.3 is 27.9 Å². The minimum absolute atomic E-state index is 0.446. The Hall–Kier alpha value is -2.85. The van der Waals surface area contributed by atoms with Crippen LogP contribution in [-0.2, 0) is 13.7 Å². The summed E-state index contributed by atoms with van der Waals surface area (Å²) in [6.45, 7) is 5.00. The maximum absolute atomic E-state index is 3.69. The zero-order chi connectivity index (χ0) is 29.8. The first kappa shape index (κ1) is 33.7. The maximum Gasteiger partial charge on any atom is -0.0134 e. The second-order valence-electron chi connectivity index (χ2n) is 8.68. The predicted molar refractivity (Wildman–Crippen MR) is 190 cm³/mol. The molecule has 0 aliphatic rings. The van der Waals surface area contributed by atoms with Crippen molar-refractivity contribution in [1.82, 2.24) is 0 Å². The molecule has 6 rings (SSSR count). The van der Waals surface area contributed by atoms with Crippen molar-refractivity contribution in [3.05, 3.63) is 189 Å². The molecule has 0 heterocycles. The van der Waals surface area contributed by atoms with E-state index in [4.69, 9.17) is 0 Å². The van der Waals surface area contributed by atoms with Crippen LogP contribution in [0, 0.1) is 6.92 Å². The van der Waals surface area contributed by atoms with Gasteiger partial charge < -0.3 is 6.92 Å². The van der Waals surface area contributed by atoms with Crippen LogP contribution in [0.2, 0.25) is 0 Å². The molecule has 0 atom stereocenters.